The zero-order chi connectivity index (χ0) is 18.6. The topological polar surface area (TPSA) is 107 Å². The van der Waals surface area contributed by atoms with E-state index in [0.29, 0.717) is 24.0 Å². The molecule has 134 valence electrons. The molecule has 27 heavy (non-hydrogen) atoms. The Morgan fingerprint density at radius 3 is 2.52 bits per heavy atom. The summed E-state index contributed by atoms with van der Waals surface area (Å²) in [6, 6.07) is 10.9. The van der Waals surface area contributed by atoms with Crippen molar-refractivity contribution in [1.82, 2.24) is 30.1 Å². The van der Waals surface area contributed by atoms with Crippen molar-refractivity contribution in [2.24, 2.45) is 0 Å². The van der Waals surface area contributed by atoms with E-state index in [1.165, 1.54) is 17.4 Å². The highest BCUT2D eigenvalue weighted by molar-refractivity contribution is 7.15. The Morgan fingerprint density at radius 1 is 0.926 bits per heavy atom. The number of aromatic hydroxyl groups is 1. The van der Waals surface area contributed by atoms with Crippen molar-refractivity contribution in [3.05, 3.63) is 59.5 Å². The summed E-state index contributed by atoms with van der Waals surface area (Å²) in [5.41, 5.74) is 2.92. The zero-order valence-corrected chi connectivity index (χ0v) is 15.1. The third-order valence-electron chi connectivity index (χ3n) is 3.60. The molecule has 1 N–H and O–H groups in total. The van der Waals surface area contributed by atoms with Gasteiger partial charge in [-0.1, -0.05) is 6.07 Å². The Morgan fingerprint density at radius 2 is 1.74 bits per heavy atom. The maximum absolute atomic E-state index is 9.29. The first-order chi connectivity index (χ1) is 13.2. The van der Waals surface area contributed by atoms with Crippen LogP contribution >= 0.6 is 11.3 Å². The van der Waals surface area contributed by atoms with Crippen LogP contribution in [0.15, 0.2) is 48.8 Å². The van der Waals surface area contributed by atoms with Crippen molar-refractivity contribution in [3.63, 3.8) is 0 Å². The number of ether oxygens (including phenoxy) is 1. The summed E-state index contributed by atoms with van der Waals surface area (Å²) in [4.78, 5) is 18.2. The molecule has 0 aliphatic rings. The van der Waals surface area contributed by atoms with Gasteiger partial charge in [-0.25, -0.2) is 19.9 Å². The average Bonchev–Trinajstić information content (AvgIpc) is 3.08. The number of hydrogen-bond donors (Lipinski definition) is 1. The molecule has 0 unspecified atom stereocenters. The van der Waals surface area contributed by atoms with E-state index in [4.69, 9.17) is 4.74 Å². The van der Waals surface area contributed by atoms with Crippen LogP contribution in [0.4, 0.5) is 0 Å². The maximum Gasteiger partial charge on any atom is 0.316 e. The monoisotopic (exact) mass is 378 g/mol. The molecule has 4 aromatic heterocycles. The normalized spacial score (nSPS) is 10.7. The van der Waals surface area contributed by atoms with Gasteiger partial charge in [0, 0.05) is 18.5 Å². The molecule has 0 spiro atoms. The van der Waals surface area contributed by atoms with Crippen LogP contribution in [0.25, 0.3) is 22.0 Å². The van der Waals surface area contributed by atoms with Crippen LogP contribution in [-0.2, 0) is 6.61 Å². The van der Waals surface area contributed by atoms with E-state index in [0.717, 1.165) is 21.3 Å². The van der Waals surface area contributed by atoms with E-state index in [1.807, 2.05) is 25.1 Å². The number of pyridine rings is 1. The Hall–Kier alpha value is -3.46. The van der Waals surface area contributed by atoms with Gasteiger partial charge < -0.3 is 9.84 Å². The van der Waals surface area contributed by atoms with Gasteiger partial charge in [0.15, 0.2) is 0 Å². The van der Waals surface area contributed by atoms with Gasteiger partial charge in [-0.05, 0) is 31.2 Å². The van der Waals surface area contributed by atoms with Crippen LogP contribution in [0.2, 0.25) is 0 Å². The lowest BCUT2D eigenvalue weighted by Gasteiger charge is -2.03. The minimum atomic E-state index is -0.125. The number of nitrogens with zero attached hydrogens (tertiary/aromatic N) is 6. The third kappa shape index (κ3) is 3.87. The second kappa shape index (κ2) is 7.42. The highest BCUT2D eigenvalue weighted by atomic mass is 32.1. The minimum Gasteiger partial charge on any atom is -0.492 e. The maximum atomic E-state index is 9.29. The van der Waals surface area contributed by atoms with Crippen LogP contribution < -0.4 is 4.74 Å². The number of aryl methyl sites for hydroxylation is 1. The zero-order valence-electron chi connectivity index (χ0n) is 14.3. The fraction of sp³-hybridized carbons (Fsp3) is 0.111. The molecule has 0 fully saturated rings. The molecule has 0 saturated heterocycles. The molecule has 0 atom stereocenters. The fourth-order valence-corrected chi connectivity index (χ4v) is 3.35. The van der Waals surface area contributed by atoms with Crippen LogP contribution in [0.3, 0.4) is 0 Å². The van der Waals surface area contributed by atoms with E-state index in [-0.39, 0.29) is 5.88 Å². The van der Waals surface area contributed by atoms with Crippen molar-refractivity contribution < 1.29 is 9.84 Å². The first kappa shape index (κ1) is 17.0. The summed E-state index contributed by atoms with van der Waals surface area (Å²) in [7, 11) is 0. The molecular formula is C18H14N6O2S. The van der Waals surface area contributed by atoms with E-state index in [9.17, 15) is 5.11 Å². The van der Waals surface area contributed by atoms with Gasteiger partial charge in [0.2, 0.25) is 5.88 Å². The molecule has 0 bridgehead atoms. The lowest BCUT2D eigenvalue weighted by atomic mass is 10.2. The van der Waals surface area contributed by atoms with Crippen LogP contribution in [0, 0.1) is 6.92 Å². The molecule has 4 aromatic rings. The van der Waals surface area contributed by atoms with Gasteiger partial charge in [0.25, 0.3) is 0 Å². The summed E-state index contributed by atoms with van der Waals surface area (Å²) in [5.74, 6) is -0.125. The van der Waals surface area contributed by atoms with E-state index < -0.39 is 0 Å². The second-order valence-electron chi connectivity index (χ2n) is 5.53. The molecule has 0 amide bonds. The number of aromatic nitrogens is 6. The third-order valence-corrected chi connectivity index (χ3v) is 4.76. The van der Waals surface area contributed by atoms with Crippen molar-refractivity contribution in [2.45, 2.75) is 13.5 Å². The molecule has 4 heterocycles. The first-order valence-corrected chi connectivity index (χ1v) is 8.87. The predicted octanol–water partition coefficient (Wildman–Crippen LogP) is 3.05. The van der Waals surface area contributed by atoms with Crippen molar-refractivity contribution in [1.29, 1.82) is 0 Å². The van der Waals surface area contributed by atoms with E-state index in [1.54, 1.807) is 24.5 Å². The first-order valence-electron chi connectivity index (χ1n) is 8.05. The lowest BCUT2D eigenvalue weighted by molar-refractivity contribution is 0.280. The fourth-order valence-electron chi connectivity index (χ4n) is 2.40. The number of hydrogen-bond acceptors (Lipinski definition) is 9. The highest BCUT2D eigenvalue weighted by Gasteiger charge is 2.13. The smallest absolute Gasteiger partial charge is 0.316 e. The van der Waals surface area contributed by atoms with Crippen molar-refractivity contribution in [2.75, 3.05) is 0 Å². The Bertz CT molecular complexity index is 1050. The molecule has 4 rings (SSSR count). The highest BCUT2D eigenvalue weighted by Crippen LogP contribution is 2.30. The predicted molar refractivity (Wildman–Crippen MR) is 99.1 cm³/mol. The molecule has 0 aromatic carbocycles. The van der Waals surface area contributed by atoms with Crippen LogP contribution in [-0.4, -0.2) is 35.2 Å². The van der Waals surface area contributed by atoms with Crippen LogP contribution in [0.1, 0.15) is 10.7 Å². The molecule has 8 nitrogen and oxygen atoms in total. The molecule has 9 heteroatoms. The largest absolute Gasteiger partial charge is 0.492 e. The van der Waals surface area contributed by atoms with Gasteiger partial charge in [0.05, 0.1) is 22.0 Å². The van der Waals surface area contributed by atoms with Gasteiger partial charge in [-0.2, -0.15) is 0 Å². The molecule has 0 radical (unpaired) electrons. The number of rotatable bonds is 5. The average molecular weight is 378 g/mol. The van der Waals surface area contributed by atoms with Gasteiger partial charge in [0.1, 0.15) is 17.3 Å². The number of thiazole rings is 1. The minimum absolute atomic E-state index is 0.125. The van der Waals surface area contributed by atoms with Gasteiger partial charge in [-0.15, -0.1) is 21.5 Å². The lowest BCUT2D eigenvalue weighted by Crippen LogP contribution is -1.98. The molecule has 0 saturated carbocycles. The quantitative estimate of drug-likeness (QED) is 0.565. The standard InChI is InChI=1S/C18H14N6O2S/c1-11-17(27-16(21-11)10-26-18-19-8-3-9-20-18)14-5-2-4-12(22-14)13-6-7-15(25)24-23-13/h2-9H,10H2,1H3,(H,24,25). The summed E-state index contributed by atoms with van der Waals surface area (Å²) in [6.07, 6.45) is 3.25. The molecule has 0 aliphatic heterocycles. The van der Waals surface area contributed by atoms with Crippen molar-refractivity contribution in [3.8, 4) is 33.8 Å². The summed E-state index contributed by atoms with van der Waals surface area (Å²) < 4.78 is 5.56. The van der Waals surface area contributed by atoms with Gasteiger partial charge >= 0.3 is 6.01 Å². The SMILES string of the molecule is Cc1nc(COc2ncccn2)sc1-c1cccc(-c2ccc(O)nn2)n1. The Kier molecular flexibility index (Phi) is 4.67. The summed E-state index contributed by atoms with van der Waals surface area (Å²) >= 11 is 1.51. The molecular weight excluding hydrogens is 364 g/mol. The molecule has 0 aliphatic carbocycles. The van der Waals surface area contributed by atoms with Crippen molar-refractivity contribution >= 4 is 11.3 Å². The van der Waals surface area contributed by atoms with E-state index >= 15 is 0 Å². The Balaban J connectivity index is 1.57. The van der Waals surface area contributed by atoms with Gasteiger partial charge in [-0.3, -0.25) is 0 Å². The summed E-state index contributed by atoms with van der Waals surface area (Å²) in [5, 5.41) is 17.7. The summed E-state index contributed by atoms with van der Waals surface area (Å²) in [6.45, 7) is 2.22. The van der Waals surface area contributed by atoms with E-state index in [2.05, 4.69) is 30.1 Å². The van der Waals surface area contributed by atoms with Crippen LogP contribution in [0.5, 0.6) is 11.9 Å². The Labute approximate surface area is 158 Å². The second-order valence-corrected chi connectivity index (χ2v) is 6.61.